The van der Waals surface area contributed by atoms with Gasteiger partial charge in [0.05, 0.1) is 35.1 Å². The first-order chi connectivity index (χ1) is 14.8. The zero-order valence-corrected chi connectivity index (χ0v) is 18.4. The number of furan rings is 1. The van der Waals surface area contributed by atoms with Gasteiger partial charge in [-0.25, -0.2) is 9.78 Å². The number of aryl methyl sites for hydroxylation is 3. The predicted octanol–water partition coefficient (Wildman–Crippen LogP) is 4.28. The third kappa shape index (κ3) is 4.22. The molecule has 4 rings (SSSR count). The van der Waals surface area contributed by atoms with Gasteiger partial charge in [0.1, 0.15) is 5.76 Å². The summed E-state index contributed by atoms with van der Waals surface area (Å²) in [4.78, 5) is 33.5. The maximum Gasteiger partial charge on any atom is 0.339 e. The number of pyridine rings is 1. The van der Waals surface area contributed by atoms with Crippen LogP contribution in [0.25, 0.3) is 22.4 Å². The van der Waals surface area contributed by atoms with Crippen molar-refractivity contribution in [3.63, 3.8) is 0 Å². The molecule has 0 bridgehead atoms. The summed E-state index contributed by atoms with van der Waals surface area (Å²) in [6.07, 6.45) is 1.54. The second-order valence-corrected chi connectivity index (χ2v) is 8.70. The van der Waals surface area contributed by atoms with Crippen molar-refractivity contribution in [1.82, 2.24) is 15.0 Å². The highest BCUT2D eigenvalue weighted by atomic mass is 32.1. The lowest BCUT2D eigenvalue weighted by molar-refractivity contribution is -0.133. The molecular formula is C22H21N3O5S. The first kappa shape index (κ1) is 20.8. The van der Waals surface area contributed by atoms with Gasteiger partial charge in [-0.05, 0) is 45.0 Å². The minimum atomic E-state index is -0.635. The molecule has 4 aromatic rings. The maximum absolute atomic E-state index is 12.9. The van der Waals surface area contributed by atoms with Crippen molar-refractivity contribution in [2.75, 3.05) is 13.7 Å². The molecule has 4 heterocycles. The molecule has 0 N–H and O–H groups in total. The zero-order valence-electron chi connectivity index (χ0n) is 17.6. The first-order valence-electron chi connectivity index (χ1n) is 9.61. The molecule has 0 aliphatic carbocycles. The van der Waals surface area contributed by atoms with Crippen LogP contribution in [0.5, 0.6) is 0 Å². The van der Waals surface area contributed by atoms with Crippen LogP contribution in [0.3, 0.4) is 0 Å². The summed E-state index contributed by atoms with van der Waals surface area (Å²) in [7, 11) is 1.62. The van der Waals surface area contributed by atoms with E-state index in [1.54, 1.807) is 43.5 Å². The van der Waals surface area contributed by atoms with Crippen LogP contribution in [0.2, 0.25) is 0 Å². The Bertz CT molecular complexity index is 1260. The van der Waals surface area contributed by atoms with Gasteiger partial charge >= 0.3 is 5.97 Å². The average molecular weight is 439 g/mol. The second-order valence-electron chi connectivity index (χ2n) is 7.24. The number of thiophene rings is 1. The number of hydrogen-bond acceptors (Lipinski definition) is 8. The van der Waals surface area contributed by atoms with Crippen molar-refractivity contribution in [1.29, 1.82) is 0 Å². The fourth-order valence-corrected chi connectivity index (χ4v) is 4.25. The summed E-state index contributed by atoms with van der Waals surface area (Å²) in [6.45, 7) is 5.63. The summed E-state index contributed by atoms with van der Waals surface area (Å²) in [5.74, 6) is -0.338. The van der Waals surface area contributed by atoms with Crippen molar-refractivity contribution < 1.29 is 23.3 Å². The van der Waals surface area contributed by atoms with Gasteiger partial charge in [-0.1, -0.05) is 5.16 Å². The standard InChI is InChI=1S/C22H21N3O5S/c1-12-8-16(14(3)31-12)18-9-17(20-13(2)24-30-21(20)23-18)22(27)29-11-19(26)25(4)10-15-6-5-7-28-15/h5-9H,10-11H2,1-4H3. The highest BCUT2D eigenvalue weighted by Crippen LogP contribution is 2.33. The Balaban J connectivity index is 1.57. The number of carbonyl (C=O) groups is 2. The molecule has 0 aliphatic heterocycles. The number of rotatable bonds is 6. The average Bonchev–Trinajstić information content (AvgIpc) is 3.46. The minimum Gasteiger partial charge on any atom is -0.467 e. The lowest BCUT2D eigenvalue weighted by Crippen LogP contribution is -2.30. The number of carbonyl (C=O) groups excluding carboxylic acids is 2. The third-order valence-electron chi connectivity index (χ3n) is 4.88. The van der Waals surface area contributed by atoms with Gasteiger partial charge in [0, 0.05) is 22.4 Å². The molecule has 0 unspecified atom stereocenters. The van der Waals surface area contributed by atoms with Crippen LogP contribution in [0.1, 0.15) is 31.6 Å². The Kier molecular flexibility index (Phi) is 5.60. The fraction of sp³-hybridized carbons (Fsp3) is 0.273. The summed E-state index contributed by atoms with van der Waals surface area (Å²) in [6, 6.07) is 7.20. The van der Waals surface area contributed by atoms with E-state index in [0.717, 1.165) is 15.3 Å². The Hall–Kier alpha value is -3.46. The van der Waals surface area contributed by atoms with Gasteiger partial charge in [-0.2, -0.15) is 0 Å². The summed E-state index contributed by atoms with van der Waals surface area (Å²) >= 11 is 1.65. The van der Waals surface area contributed by atoms with E-state index in [9.17, 15) is 9.59 Å². The minimum absolute atomic E-state index is 0.256. The van der Waals surface area contributed by atoms with Crippen LogP contribution in [-0.4, -0.2) is 40.6 Å². The largest absolute Gasteiger partial charge is 0.467 e. The molecule has 4 aromatic heterocycles. The first-order valence-corrected chi connectivity index (χ1v) is 10.4. The Labute approximate surface area is 182 Å². The van der Waals surface area contributed by atoms with Gasteiger partial charge in [-0.3, -0.25) is 4.79 Å². The smallest absolute Gasteiger partial charge is 0.339 e. The van der Waals surface area contributed by atoms with Crippen molar-refractivity contribution in [3.05, 3.63) is 57.3 Å². The number of nitrogens with zero attached hydrogens (tertiary/aromatic N) is 3. The Morgan fingerprint density at radius 3 is 2.71 bits per heavy atom. The Morgan fingerprint density at radius 1 is 1.23 bits per heavy atom. The highest BCUT2D eigenvalue weighted by Gasteiger charge is 2.23. The van der Waals surface area contributed by atoms with E-state index in [-0.39, 0.29) is 23.7 Å². The fourth-order valence-electron chi connectivity index (χ4n) is 3.32. The molecule has 0 radical (unpaired) electrons. The topological polar surface area (TPSA) is 98.7 Å². The lowest BCUT2D eigenvalue weighted by atomic mass is 10.1. The normalized spacial score (nSPS) is 11.1. The van der Waals surface area contributed by atoms with Crippen LogP contribution in [0.15, 0.2) is 39.5 Å². The van der Waals surface area contributed by atoms with E-state index >= 15 is 0 Å². The van der Waals surface area contributed by atoms with E-state index in [1.807, 2.05) is 19.9 Å². The zero-order chi connectivity index (χ0) is 22.1. The van der Waals surface area contributed by atoms with E-state index < -0.39 is 12.6 Å². The molecule has 0 aromatic carbocycles. The van der Waals surface area contributed by atoms with Gasteiger partial charge in [0.25, 0.3) is 11.6 Å². The van der Waals surface area contributed by atoms with E-state index in [0.29, 0.717) is 22.5 Å². The van der Waals surface area contributed by atoms with Crippen LogP contribution >= 0.6 is 11.3 Å². The monoisotopic (exact) mass is 439 g/mol. The number of fused-ring (bicyclic) bond motifs is 1. The number of ether oxygens (including phenoxy) is 1. The van der Waals surface area contributed by atoms with E-state index in [1.165, 1.54) is 11.2 Å². The molecule has 0 spiro atoms. The molecule has 31 heavy (non-hydrogen) atoms. The van der Waals surface area contributed by atoms with Crippen molar-refractivity contribution in [2.45, 2.75) is 27.3 Å². The molecule has 0 saturated carbocycles. The summed E-state index contributed by atoms with van der Waals surface area (Å²) in [5.41, 5.74) is 2.57. The van der Waals surface area contributed by atoms with Gasteiger partial charge in [0.2, 0.25) is 0 Å². The number of aromatic nitrogens is 2. The van der Waals surface area contributed by atoms with Gasteiger partial charge < -0.3 is 18.6 Å². The molecular weight excluding hydrogens is 418 g/mol. The number of likely N-dealkylation sites (N-methyl/N-ethyl adjacent to an activating group) is 1. The van der Waals surface area contributed by atoms with Crippen molar-refractivity contribution in [2.24, 2.45) is 0 Å². The maximum atomic E-state index is 12.9. The number of esters is 1. The van der Waals surface area contributed by atoms with Crippen LogP contribution in [0, 0.1) is 20.8 Å². The third-order valence-corrected chi connectivity index (χ3v) is 5.85. The summed E-state index contributed by atoms with van der Waals surface area (Å²) in [5, 5.41) is 4.42. The molecule has 0 aliphatic rings. The van der Waals surface area contributed by atoms with Crippen LogP contribution in [0.4, 0.5) is 0 Å². The molecule has 0 saturated heterocycles. The molecule has 160 valence electrons. The lowest BCUT2D eigenvalue weighted by Gasteiger charge is -2.15. The second kappa shape index (κ2) is 8.35. The van der Waals surface area contributed by atoms with Crippen molar-refractivity contribution in [3.8, 4) is 11.3 Å². The Morgan fingerprint density at radius 2 is 2.03 bits per heavy atom. The molecule has 8 nitrogen and oxygen atoms in total. The van der Waals surface area contributed by atoms with Crippen LogP contribution in [-0.2, 0) is 16.1 Å². The van der Waals surface area contributed by atoms with Crippen LogP contribution < -0.4 is 0 Å². The SMILES string of the molecule is Cc1cc(-c2cc(C(=O)OCC(=O)N(C)Cc3ccco3)c3c(C)noc3n2)c(C)s1. The van der Waals surface area contributed by atoms with E-state index in [2.05, 4.69) is 10.1 Å². The van der Waals surface area contributed by atoms with Crippen molar-refractivity contribution >= 4 is 34.3 Å². The van der Waals surface area contributed by atoms with E-state index in [4.69, 9.17) is 13.7 Å². The van der Waals surface area contributed by atoms with Gasteiger partial charge in [-0.15, -0.1) is 11.3 Å². The van der Waals surface area contributed by atoms with Gasteiger partial charge in [0.15, 0.2) is 6.61 Å². The molecule has 1 amide bonds. The molecule has 0 atom stereocenters. The molecule has 0 fully saturated rings. The quantitative estimate of drug-likeness (QED) is 0.413. The predicted molar refractivity (Wildman–Crippen MR) is 115 cm³/mol. The highest BCUT2D eigenvalue weighted by molar-refractivity contribution is 7.12. The number of hydrogen-bond donors (Lipinski definition) is 0. The number of amides is 1. The molecule has 9 heteroatoms. The summed E-state index contributed by atoms with van der Waals surface area (Å²) < 4.78 is 15.9.